The van der Waals surface area contributed by atoms with E-state index < -0.39 is 5.97 Å². The topological polar surface area (TPSA) is 62.7 Å². The second-order valence-electron chi connectivity index (χ2n) is 9.73. The van der Waals surface area contributed by atoms with Gasteiger partial charge in [-0.25, -0.2) is 0 Å². The molecule has 0 amide bonds. The highest BCUT2D eigenvalue weighted by atomic mass is 16.5. The smallest absolute Gasteiger partial charge is 0.304 e. The predicted molar refractivity (Wildman–Crippen MR) is 130 cm³/mol. The molecule has 2 heterocycles. The molecule has 0 radical (unpaired) electrons. The maximum atomic E-state index is 10.8. The Morgan fingerprint density at radius 2 is 1.76 bits per heavy atom. The molecule has 0 unspecified atom stereocenters. The first kappa shape index (κ1) is 23.0. The van der Waals surface area contributed by atoms with Gasteiger partial charge in [0, 0.05) is 37.3 Å². The molecule has 1 aliphatic rings. The molecule has 1 N–H and O–H groups in total. The molecule has 0 aliphatic carbocycles. The van der Waals surface area contributed by atoms with Gasteiger partial charge in [-0.15, -0.1) is 0 Å². The van der Waals surface area contributed by atoms with Gasteiger partial charge in [0.1, 0.15) is 12.4 Å². The number of fused-ring (bicyclic) bond motifs is 1. The first-order valence-corrected chi connectivity index (χ1v) is 11.5. The van der Waals surface area contributed by atoms with E-state index in [0.29, 0.717) is 13.2 Å². The minimum Gasteiger partial charge on any atom is -0.489 e. The monoisotopic (exact) mass is 444 g/mol. The van der Waals surface area contributed by atoms with Crippen LogP contribution in [0, 0.1) is 0 Å². The van der Waals surface area contributed by atoms with Crippen LogP contribution in [0.1, 0.15) is 49.6 Å². The van der Waals surface area contributed by atoms with Gasteiger partial charge in [0.25, 0.3) is 0 Å². The third-order valence-corrected chi connectivity index (χ3v) is 6.14. The predicted octanol–water partition coefficient (Wildman–Crippen LogP) is 5.46. The van der Waals surface area contributed by atoms with E-state index in [0.717, 1.165) is 47.8 Å². The Hall–Kier alpha value is -3.18. The summed E-state index contributed by atoms with van der Waals surface area (Å²) < 4.78 is 5.98. The average molecular weight is 445 g/mol. The normalized spacial score (nSPS) is 14.0. The highest BCUT2D eigenvalue weighted by molar-refractivity contribution is 5.66. The lowest BCUT2D eigenvalue weighted by atomic mass is 9.87. The lowest BCUT2D eigenvalue weighted by Gasteiger charge is -2.27. The number of rotatable bonds is 7. The fourth-order valence-corrected chi connectivity index (χ4v) is 4.07. The van der Waals surface area contributed by atoms with E-state index in [1.54, 1.807) is 0 Å². The van der Waals surface area contributed by atoms with Crippen LogP contribution in [0.3, 0.4) is 0 Å². The number of carboxylic acid groups (broad SMARTS) is 1. The Labute approximate surface area is 196 Å². The number of benzene rings is 2. The van der Waals surface area contributed by atoms with Crippen LogP contribution in [0.5, 0.6) is 5.75 Å². The van der Waals surface area contributed by atoms with E-state index in [1.165, 1.54) is 11.1 Å². The van der Waals surface area contributed by atoms with E-state index in [-0.39, 0.29) is 11.8 Å². The van der Waals surface area contributed by atoms with Crippen molar-refractivity contribution in [3.63, 3.8) is 0 Å². The first-order chi connectivity index (χ1) is 15.8. The summed E-state index contributed by atoms with van der Waals surface area (Å²) in [6, 6.07) is 20.9. The van der Waals surface area contributed by atoms with Crippen molar-refractivity contribution < 1.29 is 14.6 Å². The summed E-state index contributed by atoms with van der Waals surface area (Å²) >= 11 is 0. The maximum absolute atomic E-state index is 10.8. The quantitative estimate of drug-likeness (QED) is 0.524. The summed E-state index contributed by atoms with van der Waals surface area (Å²) in [7, 11) is 0. The van der Waals surface area contributed by atoms with Crippen LogP contribution in [-0.2, 0) is 29.8 Å². The third-order valence-electron chi connectivity index (χ3n) is 6.14. The van der Waals surface area contributed by atoms with Crippen LogP contribution in [0.4, 0.5) is 0 Å². The van der Waals surface area contributed by atoms with Crippen LogP contribution in [0.15, 0.2) is 60.7 Å². The Balaban J connectivity index is 1.36. The highest BCUT2D eigenvalue weighted by Crippen LogP contribution is 2.26. The zero-order valence-electron chi connectivity index (χ0n) is 19.7. The number of pyridine rings is 1. The highest BCUT2D eigenvalue weighted by Gasteiger charge is 2.18. The van der Waals surface area contributed by atoms with Gasteiger partial charge in [-0.2, -0.15) is 0 Å². The molecule has 0 saturated heterocycles. The molecular formula is C28H32N2O3. The number of ether oxygens (including phenoxy) is 1. The van der Waals surface area contributed by atoms with E-state index in [2.05, 4.69) is 68.1 Å². The zero-order chi connectivity index (χ0) is 23.4. The van der Waals surface area contributed by atoms with Gasteiger partial charge in [0.2, 0.25) is 0 Å². The number of aliphatic carboxylic acids is 1. The summed E-state index contributed by atoms with van der Waals surface area (Å²) in [4.78, 5) is 17.9. The largest absolute Gasteiger partial charge is 0.489 e. The van der Waals surface area contributed by atoms with Crippen molar-refractivity contribution in [1.82, 2.24) is 9.88 Å². The van der Waals surface area contributed by atoms with Crippen LogP contribution in [0.25, 0.3) is 11.3 Å². The van der Waals surface area contributed by atoms with Gasteiger partial charge < -0.3 is 9.84 Å². The summed E-state index contributed by atoms with van der Waals surface area (Å²) in [5.41, 5.74) is 6.94. The van der Waals surface area contributed by atoms with E-state index in [9.17, 15) is 4.79 Å². The van der Waals surface area contributed by atoms with Gasteiger partial charge in [0.05, 0.1) is 12.1 Å². The molecule has 33 heavy (non-hydrogen) atoms. The van der Waals surface area contributed by atoms with Crippen molar-refractivity contribution in [3.8, 4) is 17.0 Å². The molecule has 5 nitrogen and oxygen atoms in total. The van der Waals surface area contributed by atoms with E-state index in [4.69, 9.17) is 14.8 Å². The second kappa shape index (κ2) is 9.75. The Morgan fingerprint density at radius 1 is 1.03 bits per heavy atom. The van der Waals surface area contributed by atoms with Crippen molar-refractivity contribution in [3.05, 3.63) is 83.0 Å². The first-order valence-electron chi connectivity index (χ1n) is 11.5. The molecule has 0 spiro atoms. The SMILES string of the molecule is CC(C)(C)c1ccc(COc2ccc(-c3ccc4c(n3)CCN(CCC(=O)O)C4)cc2)cc1. The fraction of sp³-hybridized carbons (Fsp3) is 0.357. The molecule has 1 aliphatic heterocycles. The van der Waals surface area contributed by atoms with Crippen molar-refractivity contribution >= 4 is 5.97 Å². The molecule has 0 atom stereocenters. The van der Waals surface area contributed by atoms with Gasteiger partial charge >= 0.3 is 5.97 Å². The lowest BCUT2D eigenvalue weighted by Crippen LogP contribution is -2.32. The minimum absolute atomic E-state index is 0.152. The number of carboxylic acids is 1. The molecule has 3 aromatic rings. The van der Waals surface area contributed by atoms with Crippen molar-refractivity contribution in [1.29, 1.82) is 0 Å². The van der Waals surface area contributed by atoms with E-state index >= 15 is 0 Å². The summed E-state index contributed by atoms with van der Waals surface area (Å²) in [5.74, 6) is 0.0887. The molecule has 0 saturated carbocycles. The van der Waals surface area contributed by atoms with Crippen molar-refractivity contribution in [2.75, 3.05) is 13.1 Å². The molecular weight excluding hydrogens is 412 g/mol. The molecule has 1 aromatic heterocycles. The van der Waals surface area contributed by atoms with Crippen LogP contribution in [-0.4, -0.2) is 34.0 Å². The Bertz CT molecular complexity index is 1100. The molecule has 2 aromatic carbocycles. The molecule has 4 rings (SSSR count). The van der Waals surface area contributed by atoms with Crippen molar-refractivity contribution in [2.45, 2.75) is 52.2 Å². The Morgan fingerprint density at radius 3 is 2.42 bits per heavy atom. The standard InChI is InChI=1S/C28H32N2O3/c1-28(2,3)23-9-4-20(5-10-23)19-33-24-11-6-21(7-12-24)25-13-8-22-18-30(17-15-27(31)32)16-14-26(22)29-25/h4-13H,14-19H2,1-3H3,(H,31,32). The fourth-order valence-electron chi connectivity index (χ4n) is 4.07. The second-order valence-corrected chi connectivity index (χ2v) is 9.73. The van der Waals surface area contributed by atoms with Crippen LogP contribution < -0.4 is 4.74 Å². The number of aromatic nitrogens is 1. The number of nitrogens with zero attached hydrogens (tertiary/aromatic N) is 2. The third kappa shape index (κ3) is 5.99. The van der Waals surface area contributed by atoms with Gasteiger partial charge in [0.15, 0.2) is 0 Å². The molecule has 5 heteroatoms. The summed E-state index contributed by atoms with van der Waals surface area (Å²) in [5, 5.41) is 8.90. The van der Waals surface area contributed by atoms with E-state index in [1.807, 2.05) is 18.2 Å². The number of hydrogen-bond acceptors (Lipinski definition) is 4. The zero-order valence-corrected chi connectivity index (χ0v) is 19.7. The van der Waals surface area contributed by atoms with Gasteiger partial charge in [-0.1, -0.05) is 51.1 Å². The number of carbonyl (C=O) groups is 1. The summed E-state index contributed by atoms with van der Waals surface area (Å²) in [6.07, 6.45) is 1.02. The minimum atomic E-state index is -0.750. The van der Waals surface area contributed by atoms with Crippen LogP contribution >= 0.6 is 0 Å². The molecule has 0 bridgehead atoms. The maximum Gasteiger partial charge on any atom is 0.304 e. The van der Waals surface area contributed by atoms with Gasteiger partial charge in [-0.05, 0) is 52.4 Å². The van der Waals surface area contributed by atoms with Crippen molar-refractivity contribution in [2.24, 2.45) is 0 Å². The number of hydrogen-bond donors (Lipinski definition) is 1. The van der Waals surface area contributed by atoms with Crippen LogP contribution in [0.2, 0.25) is 0 Å². The summed E-state index contributed by atoms with van der Waals surface area (Å²) in [6.45, 7) is 9.38. The molecule has 172 valence electrons. The average Bonchev–Trinajstić information content (AvgIpc) is 2.81. The van der Waals surface area contributed by atoms with Gasteiger partial charge in [-0.3, -0.25) is 14.7 Å². The lowest BCUT2D eigenvalue weighted by molar-refractivity contribution is -0.137. The Kier molecular flexibility index (Phi) is 6.80. The molecule has 0 fully saturated rings.